The topological polar surface area (TPSA) is 77.6 Å². The van der Waals surface area contributed by atoms with Gasteiger partial charge >= 0.3 is 0 Å². The summed E-state index contributed by atoms with van der Waals surface area (Å²) in [4.78, 5) is 11.9. The molecule has 0 unspecified atom stereocenters. The van der Waals surface area contributed by atoms with E-state index in [1.807, 2.05) is 61.1 Å². The third-order valence-corrected chi connectivity index (χ3v) is 4.10. The van der Waals surface area contributed by atoms with Crippen LogP contribution >= 0.6 is 0 Å². The Labute approximate surface area is 158 Å². The number of aromatic nitrogens is 5. The van der Waals surface area contributed by atoms with E-state index in [2.05, 4.69) is 20.7 Å². The summed E-state index contributed by atoms with van der Waals surface area (Å²) in [6.45, 7) is 6.05. The average molecular weight is 364 g/mol. The maximum Gasteiger partial charge on any atom is 0.244 e. The number of nitrogens with one attached hydrogen (secondary N) is 1. The molecular formula is C20H24N6O. The highest BCUT2D eigenvalue weighted by Gasteiger charge is 2.02. The molecule has 3 aromatic rings. The Bertz CT molecular complexity index is 910. The number of hydrogen-bond acceptors (Lipinski definition) is 4. The number of amides is 1. The number of benzene rings is 1. The monoisotopic (exact) mass is 364 g/mol. The normalized spacial score (nSPS) is 11.2. The fourth-order valence-electron chi connectivity index (χ4n) is 2.80. The van der Waals surface area contributed by atoms with Crippen LogP contribution in [0, 0.1) is 13.8 Å². The minimum Gasteiger partial charge on any atom is -0.352 e. The molecule has 1 aromatic carbocycles. The summed E-state index contributed by atoms with van der Waals surface area (Å²) in [5.74, 6) is -0.138. The van der Waals surface area contributed by atoms with Crippen LogP contribution < -0.4 is 5.32 Å². The molecule has 0 atom stereocenters. The second-order valence-electron chi connectivity index (χ2n) is 6.45. The molecule has 0 aliphatic rings. The number of carbonyl (C=O) groups is 1. The van der Waals surface area contributed by atoms with Crippen molar-refractivity contribution in [3.05, 3.63) is 71.3 Å². The van der Waals surface area contributed by atoms with Crippen LogP contribution in [0.25, 0.3) is 6.08 Å². The molecule has 0 fully saturated rings. The fraction of sp³-hybridized carbons (Fsp3) is 0.300. The lowest BCUT2D eigenvalue weighted by Crippen LogP contribution is -2.23. The predicted molar refractivity (Wildman–Crippen MR) is 104 cm³/mol. The molecule has 1 amide bonds. The van der Waals surface area contributed by atoms with E-state index in [4.69, 9.17) is 0 Å². The van der Waals surface area contributed by atoms with E-state index < -0.39 is 0 Å². The highest BCUT2D eigenvalue weighted by Crippen LogP contribution is 2.04. The average Bonchev–Trinajstić information content (AvgIpc) is 3.23. The number of aryl methyl sites for hydroxylation is 3. The second-order valence-corrected chi connectivity index (χ2v) is 6.45. The van der Waals surface area contributed by atoms with Gasteiger partial charge in [0.15, 0.2) is 0 Å². The third-order valence-electron chi connectivity index (χ3n) is 4.10. The number of hydrogen-bond donors (Lipinski definition) is 1. The molecule has 0 aliphatic heterocycles. The molecule has 2 heterocycles. The predicted octanol–water partition coefficient (Wildman–Crippen LogP) is 2.36. The molecule has 0 spiro atoms. The van der Waals surface area contributed by atoms with Crippen LogP contribution in [0.4, 0.5) is 0 Å². The summed E-state index contributed by atoms with van der Waals surface area (Å²) >= 11 is 0. The lowest BCUT2D eigenvalue weighted by Gasteiger charge is -2.04. The van der Waals surface area contributed by atoms with Crippen LogP contribution in [0.2, 0.25) is 0 Å². The number of carbonyl (C=O) groups excluding carboxylic acids is 1. The third kappa shape index (κ3) is 5.64. The van der Waals surface area contributed by atoms with Gasteiger partial charge in [0.05, 0.1) is 18.4 Å². The molecule has 7 nitrogen and oxygen atoms in total. The minimum absolute atomic E-state index is 0.138. The van der Waals surface area contributed by atoms with Crippen molar-refractivity contribution in [1.29, 1.82) is 0 Å². The zero-order valence-corrected chi connectivity index (χ0v) is 15.7. The fourth-order valence-corrected chi connectivity index (χ4v) is 2.80. The molecule has 0 aliphatic carbocycles. The Morgan fingerprint density at radius 1 is 1.22 bits per heavy atom. The zero-order valence-electron chi connectivity index (χ0n) is 15.7. The summed E-state index contributed by atoms with van der Waals surface area (Å²) in [5, 5.41) is 15.4. The Morgan fingerprint density at radius 3 is 2.78 bits per heavy atom. The first-order valence-corrected chi connectivity index (χ1v) is 9.01. The van der Waals surface area contributed by atoms with Gasteiger partial charge in [-0.05, 0) is 38.0 Å². The van der Waals surface area contributed by atoms with E-state index in [1.165, 1.54) is 6.08 Å². The van der Waals surface area contributed by atoms with Gasteiger partial charge in [0.1, 0.15) is 5.69 Å². The largest absolute Gasteiger partial charge is 0.352 e. The summed E-state index contributed by atoms with van der Waals surface area (Å²) in [6, 6.07) is 12.1. The van der Waals surface area contributed by atoms with Gasteiger partial charge in [-0.25, -0.2) is 4.68 Å². The SMILES string of the molecule is Cc1cc(C)n(CCCNC(=O)/C=C/c2cn(Cc3ccccc3)nn2)n1. The first kappa shape index (κ1) is 18.6. The van der Waals surface area contributed by atoms with Crippen LogP contribution in [0.3, 0.4) is 0 Å². The Kier molecular flexibility index (Phi) is 6.14. The van der Waals surface area contributed by atoms with Crippen LogP contribution in [0.15, 0.2) is 48.7 Å². The standard InChI is InChI=1S/C20H24N6O/c1-16-13-17(2)26(23-16)12-6-11-21-20(27)10-9-19-15-25(24-22-19)14-18-7-4-3-5-8-18/h3-5,7-10,13,15H,6,11-12,14H2,1-2H3,(H,21,27)/b10-9+. The van der Waals surface area contributed by atoms with Gasteiger partial charge in [0.2, 0.25) is 5.91 Å². The highest BCUT2D eigenvalue weighted by atomic mass is 16.1. The number of nitrogens with zero attached hydrogens (tertiary/aromatic N) is 5. The molecule has 3 rings (SSSR count). The lowest BCUT2D eigenvalue weighted by molar-refractivity contribution is -0.116. The van der Waals surface area contributed by atoms with E-state index in [0.717, 1.165) is 29.9 Å². The summed E-state index contributed by atoms with van der Waals surface area (Å²) in [6.07, 6.45) is 5.80. The molecule has 140 valence electrons. The van der Waals surface area contributed by atoms with Crippen LogP contribution in [0.1, 0.15) is 29.1 Å². The quantitative estimate of drug-likeness (QED) is 0.492. The molecule has 2 aromatic heterocycles. The maximum absolute atomic E-state index is 11.9. The van der Waals surface area contributed by atoms with Crippen LogP contribution in [0.5, 0.6) is 0 Å². The van der Waals surface area contributed by atoms with Gasteiger partial charge in [0.25, 0.3) is 0 Å². The molecule has 0 radical (unpaired) electrons. The van der Waals surface area contributed by atoms with Crippen molar-refractivity contribution in [3.63, 3.8) is 0 Å². The second kappa shape index (κ2) is 8.93. The van der Waals surface area contributed by atoms with E-state index in [9.17, 15) is 4.79 Å². The van der Waals surface area contributed by atoms with Gasteiger partial charge in [-0.15, -0.1) is 5.10 Å². The van der Waals surface area contributed by atoms with Crippen molar-refractivity contribution in [2.24, 2.45) is 0 Å². The maximum atomic E-state index is 11.9. The van der Waals surface area contributed by atoms with Crippen molar-refractivity contribution in [2.45, 2.75) is 33.4 Å². The van der Waals surface area contributed by atoms with E-state index in [0.29, 0.717) is 18.8 Å². The lowest BCUT2D eigenvalue weighted by atomic mass is 10.2. The van der Waals surface area contributed by atoms with Crippen molar-refractivity contribution in [1.82, 2.24) is 30.1 Å². The first-order valence-electron chi connectivity index (χ1n) is 9.01. The van der Waals surface area contributed by atoms with Crippen molar-refractivity contribution in [3.8, 4) is 0 Å². The first-order chi connectivity index (χ1) is 13.1. The van der Waals surface area contributed by atoms with Crippen molar-refractivity contribution >= 4 is 12.0 Å². The molecule has 0 saturated carbocycles. The summed E-state index contributed by atoms with van der Waals surface area (Å²) in [7, 11) is 0. The van der Waals surface area contributed by atoms with Crippen LogP contribution in [-0.2, 0) is 17.9 Å². The Hall–Kier alpha value is -3.22. The van der Waals surface area contributed by atoms with Crippen molar-refractivity contribution in [2.75, 3.05) is 6.54 Å². The van der Waals surface area contributed by atoms with E-state index in [1.54, 1.807) is 10.8 Å². The highest BCUT2D eigenvalue weighted by molar-refractivity contribution is 5.91. The smallest absolute Gasteiger partial charge is 0.244 e. The summed E-state index contributed by atoms with van der Waals surface area (Å²) in [5.41, 5.74) is 3.96. The molecule has 0 bridgehead atoms. The van der Waals surface area contributed by atoms with E-state index in [-0.39, 0.29) is 5.91 Å². The van der Waals surface area contributed by atoms with Crippen molar-refractivity contribution < 1.29 is 4.79 Å². The van der Waals surface area contributed by atoms with Crippen LogP contribution in [-0.4, -0.2) is 37.2 Å². The van der Waals surface area contributed by atoms with Gasteiger partial charge < -0.3 is 5.32 Å². The molecule has 1 N–H and O–H groups in total. The van der Waals surface area contributed by atoms with Gasteiger partial charge in [-0.3, -0.25) is 9.48 Å². The summed E-state index contributed by atoms with van der Waals surface area (Å²) < 4.78 is 3.71. The Morgan fingerprint density at radius 2 is 2.04 bits per heavy atom. The van der Waals surface area contributed by atoms with Gasteiger partial charge in [-0.1, -0.05) is 35.5 Å². The van der Waals surface area contributed by atoms with Gasteiger partial charge in [0, 0.05) is 24.9 Å². The zero-order chi connectivity index (χ0) is 19.1. The molecule has 7 heteroatoms. The Balaban J connectivity index is 1.41. The number of rotatable bonds is 8. The molecule has 27 heavy (non-hydrogen) atoms. The van der Waals surface area contributed by atoms with Gasteiger partial charge in [-0.2, -0.15) is 5.10 Å². The molecule has 0 saturated heterocycles. The minimum atomic E-state index is -0.138. The van der Waals surface area contributed by atoms with E-state index >= 15 is 0 Å². The molecular weight excluding hydrogens is 340 g/mol.